The van der Waals surface area contributed by atoms with Crippen LogP contribution in [0.5, 0.6) is 0 Å². The Morgan fingerprint density at radius 1 is 1.60 bits per heavy atom. The molecule has 0 fully saturated rings. The van der Waals surface area contributed by atoms with Crippen LogP contribution in [-0.4, -0.2) is 45.9 Å². The fourth-order valence-corrected chi connectivity index (χ4v) is 1.50. The predicted molar refractivity (Wildman–Crippen MR) is 51.6 cm³/mol. The quantitative estimate of drug-likeness (QED) is 0.264. The Labute approximate surface area is 85.9 Å². The minimum absolute atomic E-state index is 0.0827. The van der Waals surface area contributed by atoms with Crippen LogP contribution in [0.2, 0.25) is 0 Å². The fourth-order valence-electron chi connectivity index (χ4n) is 0.839. The summed E-state index contributed by atoms with van der Waals surface area (Å²) < 4.78 is 10.6. The maximum atomic E-state index is 10.6. The van der Waals surface area contributed by atoms with Gasteiger partial charge in [-0.3, -0.25) is 9.36 Å². The number of rotatable bonds is 6. The molecule has 0 unspecified atom stereocenters. The lowest BCUT2D eigenvalue weighted by molar-refractivity contribution is -0.138. The SMILES string of the molecule is CON=C(C[C@@H](N)C(=O)O)CP(=O)(O)O. The van der Waals surface area contributed by atoms with Crippen molar-refractivity contribution in [2.75, 3.05) is 13.3 Å². The van der Waals surface area contributed by atoms with Gasteiger partial charge in [-0.05, 0) is 0 Å². The van der Waals surface area contributed by atoms with Crippen molar-refractivity contribution < 1.29 is 29.1 Å². The van der Waals surface area contributed by atoms with Gasteiger partial charge in [0.1, 0.15) is 13.2 Å². The first-order chi connectivity index (χ1) is 6.76. The van der Waals surface area contributed by atoms with Crippen molar-refractivity contribution in [3.05, 3.63) is 0 Å². The van der Waals surface area contributed by atoms with Crippen LogP contribution in [-0.2, 0) is 14.2 Å². The summed E-state index contributed by atoms with van der Waals surface area (Å²) >= 11 is 0. The summed E-state index contributed by atoms with van der Waals surface area (Å²) in [5, 5.41) is 11.8. The molecule has 9 heteroatoms. The van der Waals surface area contributed by atoms with Crippen LogP contribution < -0.4 is 5.73 Å². The van der Waals surface area contributed by atoms with E-state index in [0.29, 0.717) is 0 Å². The van der Waals surface area contributed by atoms with E-state index in [2.05, 4.69) is 9.99 Å². The molecular weight excluding hydrogens is 227 g/mol. The second-order valence-electron chi connectivity index (χ2n) is 2.81. The van der Waals surface area contributed by atoms with E-state index in [1.807, 2.05) is 0 Å². The predicted octanol–water partition coefficient (Wildman–Crippen LogP) is -1.03. The van der Waals surface area contributed by atoms with Crippen LogP contribution >= 0.6 is 7.60 Å². The molecule has 15 heavy (non-hydrogen) atoms. The third kappa shape index (κ3) is 7.03. The van der Waals surface area contributed by atoms with Gasteiger partial charge < -0.3 is 25.5 Å². The van der Waals surface area contributed by atoms with Crippen LogP contribution in [0, 0.1) is 0 Å². The maximum Gasteiger partial charge on any atom is 0.331 e. The molecule has 1 atom stereocenters. The second-order valence-corrected chi connectivity index (χ2v) is 4.46. The molecule has 5 N–H and O–H groups in total. The number of hydrogen-bond acceptors (Lipinski definition) is 5. The summed E-state index contributed by atoms with van der Waals surface area (Å²) in [4.78, 5) is 32.0. The van der Waals surface area contributed by atoms with Gasteiger partial charge in [0.2, 0.25) is 0 Å². The zero-order chi connectivity index (χ0) is 12.1. The average Bonchev–Trinajstić information content (AvgIpc) is 2.00. The molecule has 0 aromatic carbocycles. The number of hydrogen-bond donors (Lipinski definition) is 4. The van der Waals surface area contributed by atoms with Crippen LogP contribution in [0.3, 0.4) is 0 Å². The normalized spacial score (nSPS) is 14.8. The van der Waals surface area contributed by atoms with Crippen LogP contribution in [0.25, 0.3) is 0 Å². The number of carboxylic acid groups (broad SMARTS) is 1. The molecule has 0 aliphatic carbocycles. The van der Waals surface area contributed by atoms with E-state index in [1.165, 1.54) is 7.11 Å². The van der Waals surface area contributed by atoms with E-state index in [9.17, 15) is 9.36 Å². The Kier molecular flexibility index (Phi) is 5.45. The lowest BCUT2D eigenvalue weighted by Crippen LogP contribution is -2.33. The number of carbonyl (C=O) groups is 1. The molecule has 0 amide bonds. The Bertz CT molecular complexity index is 298. The minimum atomic E-state index is -4.30. The highest BCUT2D eigenvalue weighted by atomic mass is 31.2. The van der Waals surface area contributed by atoms with Gasteiger partial charge in [-0.1, -0.05) is 5.16 Å². The zero-order valence-corrected chi connectivity index (χ0v) is 8.92. The second kappa shape index (κ2) is 5.82. The summed E-state index contributed by atoms with van der Waals surface area (Å²) in [6, 6.07) is -1.26. The van der Waals surface area contributed by atoms with E-state index in [1.54, 1.807) is 0 Å². The standard InChI is InChI=1S/C6H13N2O6P/c1-14-8-4(3-15(11,12)13)2-5(7)6(9)10/h5H,2-3,7H2,1H3,(H,9,10)(H2,11,12,13)/t5-/m1/s1. The van der Waals surface area contributed by atoms with E-state index in [4.69, 9.17) is 20.6 Å². The molecule has 0 heterocycles. The lowest BCUT2D eigenvalue weighted by Gasteiger charge is -2.09. The maximum absolute atomic E-state index is 10.6. The molecule has 0 rings (SSSR count). The van der Waals surface area contributed by atoms with Gasteiger partial charge in [0.05, 0.1) is 11.9 Å². The molecule has 0 saturated heterocycles. The molecule has 8 nitrogen and oxygen atoms in total. The lowest BCUT2D eigenvalue weighted by atomic mass is 10.1. The molecule has 0 aromatic heterocycles. The molecule has 0 bridgehead atoms. The third-order valence-electron chi connectivity index (χ3n) is 1.38. The van der Waals surface area contributed by atoms with E-state index >= 15 is 0 Å². The van der Waals surface area contributed by atoms with Crippen molar-refractivity contribution in [3.8, 4) is 0 Å². The summed E-state index contributed by atoms with van der Waals surface area (Å²) in [7, 11) is -3.11. The molecular formula is C6H13N2O6P. The first-order valence-corrected chi connectivity index (χ1v) is 5.68. The topological polar surface area (TPSA) is 142 Å². The number of oxime groups is 1. The minimum Gasteiger partial charge on any atom is -0.480 e. The first-order valence-electron chi connectivity index (χ1n) is 3.88. The highest BCUT2D eigenvalue weighted by molar-refractivity contribution is 7.52. The van der Waals surface area contributed by atoms with E-state index in [0.717, 1.165) is 0 Å². The Morgan fingerprint density at radius 2 is 2.13 bits per heavy atom. The summed E-state index contributed by atoms with van der Waals surface area (Å²) in [5.74, 6) is -1.27. The average molecular weight is 240 g/mol. The van der Waals surface area contributed by atoms with Crippen molar-refractivity contribution in [1.82, 2.24) is 0 Å². The van der Waals surface area contributed by atoms with Crippen LogP contribution in [0.15, 0.2) is 5.16 Å². The van der Waals surface area contributed by atoms with Crippen LogP contribution in [0.4, 0.5) is 0 Å². The van der Waals surface area contributed by atoms with Gasteiger partial charge in [0.15, 0.2) is 0 Å². The van der Waals surface area contributed by atoms with Crippen molar-refractivity contribution in [2.24, 2.45) is 10.9 Å². The van der Waals surface area contributed by atoms with Crippen molar-refractivity contribution in [1.29, 1.82) is 0 Å². The molecule has 0 spiro atoms. The molecule has 0 radical (unpaired) electrons. The summed E-state index contributed by atoms with van der Waals surface area (Å²) in [6.07, 6.45) is -0.934. The molecule has 88 valence electrons. The van der Waals surface area contributed by atoms with Gasteiger partial charge in [-0.15, -0.1) is 0 Å². The van der Waals surface area contributed by atoms with E-state index < -0.39 is 25.8 Å². The van der Waals surface area contributed by atoms with Gasteiger partial charge in [-0.25, -0.2) is 0 Å². The number of nitrogens with zero attached hydrogens (tertiary/aromatic N) is 1. The first kappa shape index (κ1) is 14.1. The van der Waals surface area contributed by atoms with Crippen molar-refractivity contribution in [2.45, 2.75) is 12.5 Å². The van der Waals surface area contributed by atoms with Crippen molar-refractivity contribution in [3.63, 3.8) is 0 Å². The molecule has 0 aromatic rings. The zero-order valence-electron chi connectivity index (χ0n) is 8.03. The Balaban J connectivity index is 4.50. The van der Waals surface area contributed by atoms with Gasteiger partial charge in [0.25, 0.3) is 0 Å². The third-order valence-corrected chi connectivity index (χ3v) is 2.16. The molecule has 0 aliphatic heterocycles. The number of carboxylic acids is 1. The van der Waals surface area contributed by atoms with Gasteiger partial charge in [-0.2, -0.15) is 0 Å². The largest absolute Gasteiger partial charge is 0.480 e. The number of aliphatic carboxylic acids is 1. The summed E-state index contributed by atoms with van der Waals surface area (Å²) in [5.41, 5.74) is 5.09. The van der Waals surface area contributed by atoms with Crippen LogP contribution in [0.1, 0.15) is 6.42 Å². The molecule has 0 saturated carbocycles. The summed E-state index contributed by atoms with van der Waals surface area (Å²) in [6.45, 7) is 0. The molecule has 0 aliphatic rings. The Hall–Kier alpha value is -0.950. The monoisotopic (exact) mass is 240 g/mol. The van der Waals surface area contributed by atoms with E-state index in [-0.39, 0.29) is 12.1 Å². The Morgan fingerprint density at radius 3 is 2.47 bits per heavy atom. The van der Waals surface area contributed by atoms with Gasteiger partial charge >= 0.3 is 13.6 Å². The highest BCUT2D eigenvalue weighted by Crippen LogP contribution is 2.34. The fraction of sp³-hybridized carbons (Fsp3) is 0.667. The smallest absolute Gasteiger partial charge is 0.331 e. The highest BCUT2D eigenvalue weighted by Gasteiger charge is 2.22. The number of nitrogens with two attached hydrogens (primary N) is 1. The van der Waals surface area contributed by atoms with Crippen molar-refractivity contribution >= 4 is 19.3 Å². The van der Waals surface area contributed by atoms with Gasteiger partial charge in [0, 0.05) is 6.42 Å².